The number of hydrogen-bond donors (Lipinski definition) is 0. The molecule has 0 unspecified atom stereocenters. The van der Waals surface area contributed by atoms with E-state index in [0.717, 1.165) is 5.56 Å². The number of rotatable bonds is 5. The Balaban J connectivity index is 2.63. The minimum atomic E-state index is -0.704. The van der Waals surface area contributed by atoms with Crippen LogP contribution in [0.4, 0.5) is 0 Å². The number of ether oxygens (including phenoxy) is 1. The van der Waals surface area contributed by atoms with Gasteiger partial charge in [0.1, 0.15) is 5.60 Å². The summed E-state index contributed by atoms with van der Waals surface area (Å²) in [5.41, 5.74) is 0.222. The lowest BCUT2D eigenvalue weighted by atomic mass is 9.97. The summed E-state index contributed by atoms with van der Waals surface area (Å²) in [6, 6.07) is 3.73. The molecule has 0 aromatic carbocycles. The molecule has 1 aromatic heterocycles. The normalized spacial score (nSPS) is 11.4. The van der Waals surface area contributed by atoms with Gasteiger partial charge in [0, 0.05) is 25.4 Å². The van der Waals surface area contributed by atoms with Crippen molar-refractivity contribution in [2.75, 3.05) is 6.61 Å². The molecule has 0 atom stereocenters. The predicted molar refractivity (Wildman–Crippen MR) is 58.7 cm³/mol. The van der Waals surface area contributed by atoms with Crippen molar-refractivity contribution in [1.82, 2.24) is 4.98 Å². The van der Waals surface area contributed by atoms with Gasteiger partial charge in [-0.15, -0.1) is 0 Å². The van der Waals surface area contributed by atoms with Crippen LogP contribution in [0.3, 0.4) is 0 Å². The van der Waals surface area contributed by atoms with E-state index in [1.54, 1.807) is 26.2 Å². The summed E-state index contributed by atoms with van der Waals surface area (Å²) in [6.45, 7) is 6.04. The van der Waals surface area contributed by atoms with Crippen molar-refractivity contribution in [3.63, 3.8) is 0 Å². The average Bonchev–Trinajstić information content (AvgIpc) is 2.19. The standard InChI is InChI=1S/C12H17NO2/c1-4-15-12(2,3)11(14)8-10-6-5-7-13-9-10/h5-7,9H,4,8H2,1-3H3. The zero-order valence-electron chi connectivity index (χ0n) is 9.49. The van der Waals surface area contributed by atoms with Crippen molar-refractivity contribution >= 4 is 5.78 Å². The molecule has 0 fully saturated rings. The SMILES string of the molecule is CCOC(C)(C)C(=O)Cc1cccnc1. The van der Waals surface area contributed by atoms with Crippen LogP contribution in [0.15, 0.2) is 24.5 Å². The second-order valence-electron chi connectivity index (χ2n) is 3.90. The van der Waals surface area contributed by atoms with Crippen LogP contribution in [-0.2, 0) is 16.0 Å². The maximum Gasteiger partial charge on any atom is 0.168 e. The zero-order valence-corrected chi connectivity index (χ0v) is 9.49. The molecule has 0 radical (unpaired) electrons. The molecule has 82 valence electrons. The molecule has 0 spiro atoms. The van der Waals surface area contributed by atoms with E-state index in [-0.39, 0.29) is 5.78 Å². The summed E-state index contributed by atoms with van der Waals surface area (Å²) in [6.07, 6.45) is 3.78. The molecular weight excluding hydrogens is 190 g/mol. The number of Topliss-reactive ketones (excluding diaryl/α,β-unsaturated/α-hetero) is 1. The molecule has 1 aromatic rings. The van der Waals surface area contributed by atoms with E-state index in [2.05, 4.69) is 4.98 Å². The molecule has 3 nitrogen and oxygen atoms in total. The number of carbonyl (C=O) groups is 1. The topological polar surface area (TPSA) is 39.2 Å². The van der Waals surface area contributed by atoms with Crippen LogP contribution in [0, 0.1) is 0 Å². The fourth-order valence-corrected chi connectivity index (χ4v) is 1.34. The molecule has 0 amide bonds. The first-order valence-electron chi connectivity index (χ1n) is 5.12. The summed E-state index contributed by atoms with van der Waals surface area (Å²) in [7, 11) is 0. The highest BCUT2D eigenvalue weighted by Crippen LogP contribution is 2.13. The van der Waals surface area contributed by atoms with E-state index in [1.807, 2.05) is 19.1 Å². The van der Waals surface area contributed by atoms with Gasteiger partial charge in [-0.1, -0.05) is 6.07 Å². The Labute approximate surface area is 90.5 Å². The van der Waals surface area contributed by atoms with Crippen LogP contribution in [0.2, 0.25) is 0 Å². The second-order valence-corrected chi connectivity index (χ2v) is 3.90. The summed E-state index contributed by atoms with van der Waals surface area (Å²) in [5.74, 6) is 0.0809. The molecule has 0 saturated carbocycles. The largest absolute Gasteiger partial charge is 0.368 e. The number of aromatic nitrogens is 1. The van der Waals surface area contributed by atoms with Gasteiger partial charge in [-0.3, -0.25) is 9.78 Å². The van der Waals surface area contributed by atoms with Gasteiger partial charge in [-0.2, -0.15) is 0 Å². The third kappa shape index (κ3) is 3.44. The maximum absolute atomic E-state index is 11.9. The van der Waals surface area contributed by atoms with Crippen molar-refractivity contribution in [3.05, 3.63) is 30.1 Å². The Kier molecular flexibility index (Phi) is 3.97. The zero-order chi connectivity index (χ0) is 11.3. The highest BCUT2D eigenvalue weighted by atomic mass is 16.5. The van der Waals surface area contributed by atoms with Crippen molar-refractivity contribution in [3.8, 4) is 0 Å². The Hall–Kier alpha value is -1.22. The lowest BCUT2D eigenvalue weighted by Gasteiger charge is -2.22. The van der Waals surface area contributed by atoms with Gasteiger partial charge in [0.15, 0.2) is 5.78 Å². The molecule has 1 rings (SSSR count). The number of carbonyl (C=O) groups excluding carboxylic acids is 1. The van der Waals surface area contributed by atoms with E-state index in [9.17, 15) is 4.79 Å². The van der Waals surface area contributed by atoms with Gasteiger partial charge in [0.05, 0.1) is 0 Å². The fourth-order valence-electron chi connectivity index (χ4n) is 1.34. The van der Waals surface area contributed by atoms with Gasteiger partial charge in [-0.05, 0) is 32.4 Å². The summed E-state index contributed by atoms with van der Waals surface area (Å²) < 4.78 is 5.39. The van der Waals surface area contributed by atoms with Crippen molar-refractivity contribution in [1.29, 1.82) is 0 Å². The molecule has 0 aliphatic heterocycles. The molecule has 3 heteroatoms. The Morgan fingerprint density at radius 2 is 2.27 bits per heavy atom. The van der Waals surface area contributed by atoms with Crippen LogP contribution in [0.25, 0.3) is 0 Å². The van der Waals surface area contributed by atoms with Crippen LogP contribution in [0.5, 0.6) is 0 Å². The summed E-state index contributed by atoms with van der Waals surface area (Å²) in [4.78, 5) is 15.8. The molecule has 0 aliphatic carbocycles. The quantitative estimate of drug-likeness (QED) is 0.741. The number of ketones is 1. The van der Waals surface area contributed by atoms with Crippen molar-refractivity contribution < 1.29 is 9.53 Å². The van der Waals surface area contributed by atoms with Crippen molar-refractivity contribution in [2.24, 2.45) is 0 Å². The molecule has 0 saturated heterocycles. The van der Waals surface area contributed by atoms with Crippen molar-refractivity contribution in [2.45, 2.75) is 32.8 Å². The Bertz CT molecular complexity index is 320. The molecule has 0 N–H and O–H groups in total. The Morgan fingerprint density at radius 3 is 2.80 bits per heavy atom. The highest BCUT2D eigenvalue weighted by molar-refractivity contribution is 5.88. The van der Waals surface area contributed by atoms with Crippen LogP contribution in [0.1, 0.15) is 26.3 Å². The van der Waals surface area contributed by atoms with Gasteiger partial charge in [-0.25, -0.2) is 0 Å². The molecule has 1 heterocycles. The lowest BCUT2D eigenvalue weighted by molar-refractivity contribution is -0.139. The van der Waals surface area contributed by atoms with Crippen LogP contribution in [-0.4, -0.2) is 23.0 Å². The number of pyridine rings is 1. The van der Waals surface area contributed by atoms with E-state index in [1.165, 1.54) is 0 Å². The van der Waals surface area contributed by atoms with Gasteiger partial charge < -0.3 is 4.74 Å². The average molecular weight is 207 g/mol. The minimum absolute atomic E-state index is 0.0809. The van der Waals surface area contributed by atoms with Crippen LogP contribution < -0.4 is 0 Å². The number of nitrogens with zero attached hydrogens (tertiary/aromatic N) is 1. The van der Waals surface area contributed by atoms with E-state index in [4.69, 9.17) is 4.74 Å². The van der Waals surface area contributed by atoms with Gasteiger partial charge >= 0.3 is 0 Å². The minimum Gasteiger partial charge on any atom is -0.368 e. The summed E-state index contributed by atoms with van der Waals surface area (Å²) >= 11 is 0. The first-order chi connectivity index (χ1) is 7.06. The van der Waals surface area contributed by atoms with Gasteiger partial charge in [0.2, 0.25) is 0 Å². The van der Waals surface area contributed by atoms with Gasteiger partial charge in [0.25, 0.3) is 0 Å². The van der Waals surface area contributed by atoms with E-state index >= 15 is 0 Å². The van der Waals surface area contributed by atoms with E-state index in [0.29, 0.717) is 13.0 Å². The fraction of sp³-hybridized carbons (Fsp3) is 0.500. The number of hydrogen-bond acceptors (Lipinski definition) is 3. The monoisotopic (exact) mass is 207 g/mol. The second kappa shape index (κ2) is 5.03. The summed E-state index contributed by atoms with van der Waals surface area (Å²) in [5, 5.41) is 0. The molecule has 0 aliphatic rings. The Morgan fingerprint density at radius 1 is 1.53 bits per heavy atom. The highest BCUT2D eigenvalue weighted by Gasteiger charge is 2.27. The molecule has 15 heavy (non-hydrogen) atoms. The molecule has 0 bridgehead atoms. The van der Waals surface area contributed by atoms with Crippen LogP contribution >= 0.6 is 0 Å². The van der Waals surface area contributed by atoms with E-state index < -0.39 is 5.60 Å². The molecular formula is C12H17NO2. The smallest absolute Gasteiger partial charge is 0.168 e. The predicted octanol–water partition coefficient (Wildman–Crippen LogP) is 2.01. The maximum atomic E-state index is 11.9. The third-order valence-electron chi connectivity index (χ3n) is 2.26. The first-order valence-corrected chi connectivity index (χ1v) is 5.12. The first kappa shape index (κ1) is 11.9. The lowest BCUT2D eigenvalue weighted by Crippen LogP contribution is -2.36. The third-order valence-corrected chi connectivity index (χ3v) is 2.26.